The highest BCUT2D eigenvalue weighted by Crippen LogP contribution is 2.66. The average Bonchev–Trinajstić information content (AvgIpc) is 2.84. The molecular formula is C19H32O5. The molecule has 4 aliphatic carbocycles. The lowest BCUT2D eigenvalue weighted by Gasteiger charge is -2.64. The van der Waals surface area contributed by atoms with Gasteiger partial charge in [-0.05, 0) is 67.1 Å². The number of rotatable bonds is 0. The van der Waals surface area contributed by atoms with Crippen LogP contribution >= 0.6 is 0 Å². The molecule has 0 aromatic carbocycles. The van der Waals surface area contributed by atoms with Gasteiger partial charge in [0.2, 0.25) is 0 Å². The second-order valence-corrected chi connectivity index (χ2v) is 9.54. The maximum Gasteiger partial charge on any atom is 0.0861 e. The van der Waals surface area contributed by atoms with Crippen molar-refractivity contribution in [2.75, 3.05) is 0 Å². The molecule has 11 atom stereocenters. The van der Waals surface area contributed by atoms with Gasteiger partial charge < -0.3 is 25.5 Å². The lowest BCUT2D eigenvalue weighted by Crippen LogP contribution is -2.67. The van der Waals surface area contributed by atoms with Gasteiger partial charge in [-0.2, -0.15) is 0 Å². The first-order valence-corrected chi connectivity index (χ1v) is 9.62. The van der Waals surface area contributed by atoms with Gasteiger partial charge in [0, 0.05) is 5.92 Å². The van der Waals surface area contributed by atoms with Gasteiger partial charge in [-0.1, -0.05) is 13.8 Å². The Morgan fingerprint density at radius 1 is 0.667 bits per heavy atom. The summed E-state index contributed by atoms with van der Waals surface area (Å²) in [5.41, 5.74) is -0.436. The second kappa shape index (κ2) is 5.40. The number of hydrogen-bond acceptors (Lipinski definition) is 5. The van der Waals surface area contributed by atoms with E-state index in [1.165, 1.54) is 0 Å². The maximum atomic E-state index is 11.0. The fourth-order valence-corrected chi connectivity index (χ4v) is 7.30. The van der Waals surface area contributed by atoms with Crippen LogP contribution in [0, 0.1) is 34.5 Å². The molecule has 0 aromatic rings. The van der Waals surface area contributed by atoms with Crippen molar-refractivity contribution in [3.63, 3.8) is 0 Å². The van der Waals surface area contributed by atoms with Crippen LogP contribution in [0.1, 0.15) is 52.4 Å². The summed E-state index contributed by atoms with van der Waals surface area (Å²) in [6, 6.07) is 0. The molecule has 4 rings (SSSR count). The number of aliphatic hydroxyl groups is 5. The van der Waals surface area contributed by atoms with Crippen molar-refractivity contribution in [2.24, 2.45) is 34.5 Å². The molecule has 4 saturated carbocycles. The van der Waals surface area contributed by atoms with Crippen molar-refractivity contribution >= 4 is 0 Å². The summed E-state index contributed by atoms with van der Waals surface area (Å²) < 4.78 is 0. The Morgan fingerprint density at radius 2 is 1.29 bits per heavy atom. The minimum absolute atomic E-state index is 0.0282. The molecule has 5 N–H and O–H groups in total. The van der Waals surface area contributed by atoms with E-state index >= 15 is 0 Å². The summed E-state index contributed by atoms with van der Waals surface area (Å²) in [5.74, 6) is -0.0585. The van der Waals surface area contributed by atoms with Gasteiger partial charge in [-0.15, -0.1) is 0 Å². The van der Waals surface area contributed by atoms with Crippen LogP contribution in [0.5, 0.6) is 0 Å². The van der Waals surface area contributed by atoms with Gasteiger partial charge in [0.25, 0.3) is 0 Å². The van der Waals surface area contributed by atoms with E-state index in [0.717, 1.165) is 32.1 Å². The van der Waals surface area contributed by atoms with Crippen LogP contribution in [-0.2, 0) is 0 Å². The van der Waals surface area contributed by atoms with E-state index in [-0.39, 0.29) is 34.7 Å². The maximum absolute atomic E-state index is 11.0. The van der Waals surface area contributed by atoms with Crippen LogP contribution in [0.2, 0.25) is 0 Å². The summed E-state index contributed by atoms with van der Waals surface area (Å²) in [5, 5.41) is 52.9. The molecule has 0 bridgehead atoms. The van der Waals surface area contributed by atoms with Crippen molar-refractivity contribution in [3.8, 4) is 0 Å². The quantitative estimate of drug-likeness (QED) is 0.446. The SMILES string of the molecule is C[C@]12CC[C@H](O)C(O)C1[C@@H](O)C(O)C1C2CC[C@@]2(C)C1CC[C@@H]2O. The number of aliphatic hydroxyl groups excluding tert-OH is 5. The topological polar surface area (TPSA) is 101 Å². The van der Waals surface area contributed by atoms with E-state index in [1.54, 1.807) is 0 Å². The molecule has 0 saturated heterocycles. The van der Waals surface area contributed by atoms with Crippen molar-refractivity contribution in [1.29, 1.82) is 0 Å². The largest absolute Gasteiger partial charge is 0.393 e. The Labute approximate surface area is 143 Å². The predicted octanol–water partition coefficient (Wildman–Crippen LogP) is 0.663. The normalized spacial score (nSPS) is 63.4. The predicted molar refractivity (Wildman–Crippen MR) is 87.9 cm³/mol. The zero-order chi connectivity index (χ0) is 17.4. The van der Waals surface area contributed by atoms with Crippen LogP contribution in [0.4, 0.5) is 0 Å². The van der Waals surface area contributed by atoms with Crippen molar-refractivity contribution in [3.05, 3.63) is 0 Å². The van der Waals surface area contributed by atoms with Gasteiger partial charge in [0.15, 0.2) is 0 Å². The molecule has 0 radical (unpaired) electrons. The molecule has 4 fully saturated rings. The Kier molecular flexibility index (Phi) is 3.87. The Morgan fingerprint density at radius 3 is 2.00 bits per heavy atom. The Balaban J connectivity index is 1.74. The molecule has 0 aromatic heterocycles. The summed E-state index contributed by atoms with van der Waals surface area (Å²) >= 11 is 0. The molecule has 0 aliphatic heterocycles. The molecule has 0 heterocycles. The molecule has 24 heavy (non-hydrogen) atoms. The third-order valence-corrected chi connectivity index (χ3v) is 8.74. The van der Waals surface area contributed by atoms with Crippen molar-refractivity contribution in [2.45, 2.75) is 82.9 Å². The zero-order valence-corrected chi connectivity index (χ0v) is 14.7. The summed E-state index contributed by atoms with van der Waals surface area (Å²) in [7, 11) is 0. The summed E-state index contributed by atoms with van der Waals surface area (Å²) in [6.07, 6.45) is 0.820. The number of hydrogen-bond donors (Lipinski definition) is 5. The standard InChI is InChI=1S/C19H32O5/c1-18-7-5-10-13(9(18)3-4-12(18)21)16(23)17(24)14-15(22)11(20)6-8-19(10,14)2/h9-17,20-24H,3-8H2,1-2H3/t9?,10?,11-,12-,13?,14?,15?,16?,17+,18-,19+/m0/s1. The van der Waals surface area contributed by atoms with Crippen molar-refractivity contribution in [1.82, 2.24) is 0 Å². The second-order valence-electron chi connectivity index (χ2n) is 9.54. The highest BCUT2D eigenvalue weighted by molar-refractivity contribution is 5.15. The van der Waals surface area contributed by atoms with Crippen LogP contribution in [-0.4, -0.2) is 56.1 Å². The Bertz CT molecular complexity index is 512. The van der Waals surface area contributed by atoms with Crippen LogP contribution < -0.4 is 0 Å². The third kappa shape index (κ3) is 1.99. The van der Waals surface area contributed by atoms with Crippen molar-refractivity contribution < 1.29 is 25.5 Å². The van der Waals surface area contributed by atoms with Crippen LogP contribution in [0.25, 0.3) is 0 Å². The summed E-state index contributed by atoms with van der Waals surface area (Å²) in [4.78, 5) is 0. The average molecular weight is 340 g/mol. The third-order valence-electron chi connectivity index (χ3n) is 8.74. The van der Waals surface area contributed by atoms with Gasteiger partial charge in [0.05, 0.1) is 30.5 Å². The highest BCUT2D eigenvalue weighted by Gasteiger charge is 2.66. The fraction of sp³-hybridized carbons (Fsp3) is 1.00. The monoisotopic (exact) mass is 340 g/mol. The molecule has 0 spiro atoms. The molecule has 6 unspecified atom stereocenters. The first-order valence-electron chi connectivity index (χ1n) is 9.62. The lowest BCUT2D eigenvalue weighted by atomic mass is 9.43. The van der Waals surface area contributed by atoms with Crippen LogP contribution in [0.15, 0.2) is 0 Å². The van der Waals surface area contributed by atoms with Gasteiger partial charge >= 0.3 is 0 Å². The lowest BCUT2D eigenvalue weighted by molar-refractivity contribution is -0.252. The number of fused-ring (bicyclic) bond motifs is 5. The molecule has 138 valence electrons. The first kappa shape index (κ1) is 17.2. The molecule has 4 aliphatic rings. The van der Waals surface area contributed by atoms with Gasteiger partial charge in [0.1, 0.15) is 0 Å². The van der Waals surface area contributed by atoms with Crippen LogP contribution in [0.3, 0.4) is 0 Å². The van der Waals surface area contributed by atoms with E-state index in [2.05, 4.69) is 13.8 Å². The van der Waals surface area contributed by atoms with Gasteiger partial charge in [-0.25, -0.2) is 0 Å². The molecule has 5 nitrogen and oxygen atoms in total. The first-order chi connectivity index (χ1) is 11.2. The minimum Gasteiger partial charge on any atom is -0.393 e. The zero-order valence-electron chi connectivity index (χ0n) is 14.7. The van der Waals surface area contributed by atoms with E-state index in [9.17, 15) is 25.5 Å². The van der Waals surface area contributed by atoms with E-state index in [1.807, 2.05) is 0 Å². The minimum atomic E-state index is -1.01. The van der Waals surface area contributed by atoms with E-state index in [4.69, 9.17) is 0 Å². The molecule has 0 amide bonds. The van der Waals surface area contributed by atoms with E-state index < -0.39 is 30.3 Å². The smallest absolute Gasteiger partial charge is 0.0861 e. The fourth-order valence-electron chi connectivity index (χ4n) is 7.30. The molecular weight excluding hydrogens is 308 g/mol. The van der Waals surface area contributed by atoms with E-state index in [0.29, 0.717) is 6.42 Å². The Hall–Kier alpha value is -0.200. The van der Waals surface area contributed by atoms with Gasteiger partial charge in [-0.3, -0.25) is 0 Å². The highest BCUT2D eigenvalue weighted by atomic mass is 16.3. The summed E-state index contributed by atoms with van der Waals surface area (Å²) in [6.45, 7) is 4.27. The molecule has 5 heteroatoms.